The second kappa shape index (κ2) is 6.68. The Balaban J connectivity index is 1.95. The van der Waals surface area contributed by atoms with Crippen LogP contribution in [0, 0.1) is 6.92 Å². The minimum atomic E-state index is 0.464. The SMILES string of the molecule is CCn1nc(C)c(Br)c1CNC(C)Cc1cccs1. The first kappa shape index (κ1) is 14.8. The second-order valence-corrected chi connectivity index (χ2v) is 6.55. The van der Waals surface area contributed by atoms with Crippen molar-refractivity contribution < 1.29 is 0 Å². The van der Waals surface area contributed by atoms with Crippen LogP contribution in [0.2, 0.25) is 0 Å². The van der Waals surface area contributed by atoms with Crippen LogP contribution in [-0.2, 0) is 19.5 Å². The fraction of sp³-hybridized carbons (Fsp3) is 0.500. The Kier molecular flexibility index (Phi) is 5.19. The lowest BCUT2D eigenvalue weighted by Crippen LogP contribution is -2.28. The highest BCUT2D eigenvalue weighted by molar-refractivity contribution is 9.10. The summed E-state index contributed by atoms with van der Waals surface area (Å²) in [5.74, 6) is 0. The summed E-state index contributed by atoms with van der Waals surface area (Å²) in [6.45, 7) is 8.14. The van der Waals surface area contributed by atoms with E-state index >= 15 is 0 Å². The number of nitrogens with zero attached hydrogens (tertiary/aromatic N) is 2. The molecule has 0 saturated heterocycles. The molecule has 1 atom stereocenters. The molecule has 0 aliphatic carbocycles. The molecule has 0 aliphatic heterocycles. The number of rotatable bonds is 6. The molecule has 0 amide bonds. The molecule has 2 rings (SSSR count). The van der Waals surface area contributed by atoms with Crippen molar-refractivity contribution in [3.05, 3.63) is 38.3 Å². The van der Waals surface area contributed by atoms with Crippen LogP contribution >= 0.6 is 27.3 Å². The van der Waals surface area contributed by atoms with Crippen molar-refractivity contribution in [3.8, 4) is 0 Å². The minimum absolute atomic E-state index is 0.464. The summed E-state index contributed by atoms with van der Waals surface area (Å²) in [7, 11) is 0. The molecule has 1 N–H and O–H groups in total. The topological polar surface area (TPSA) is 29.9 Å². The van der Waals surface area contributed by atoms with Gasteiger partial charge in [0.25, 0.3) is 0 Å². The minimum Gasteiger partial charge on any atom is -0.308 e. The van der Waals surface area contributed by atoms with Gasteiger partial charge in [0, 0.05) is 24.0 Å². The molecular formula is C14H20BrN3S. The molecule has 0 radical (unpaired) electrons. The van der Waals surface area contributed by atoms with Gasteiger partial charge in [-0.3, -0.25) is 4.68 Å². The van der Waals surface area contributed by atoms with Gasteiger partial charge in [-0.05, 0) is 54.6 Å². The normalized spacial score (nSPS) is 12.8. The van der Waals surface area contributed by atoms with Gasteiger partial charge in [-0.25, -0.2) is 0 Å². The van der Waals surface area contributed by atoms with Crippen LogP contribution in [0.1, 0.15) is 30.1 Å². The zero-order valence-corrected chi connectivity index (χ0v) is 14.0. The van der Waals surface area contributed by atoms with Gasteiger partial charge >= 0.3 is 0 Å². The second-order valence-electron chi connectivity index (χ2n) is 4.73. The van der Waals surface area contributed by atoms with Crippen LogP contribution in [0.3, 0.4) is 0 Å². The van der Waals surface area contributed by atoms with Gasteiger partial charge in [-0.2, -0.15) is 5.10 Å². The van der Waals surface area contributed by atoms with E-state index < -0.39 is 0 Å². The van der Waals surface area contributed by atoms with E-state index in [0.717, 1.165) is 29.7 Å². The molecular weight excluding hydrogens is 322 g/mol. The van der Waals surface area contributed by atoms with Crippen molar-refractivity contribution in [1.29, 1.82) is 0 Å². The number of thiophene rings is 1. The third-order valence-electron chi connectivity index (χ3n) is 3.16. The number of aryl methyl sites for hydroxylation is 2. The maximum absolute atomic E-state index is 4.51. The van der Waals surface area contributed by atoms with Gasteiger partial charge < -0.3 is 5.32 Å². The predicted molar refractivity (Wildman–Crippen MR) is 84.7 cm³/mol. The van der Waals surface area contributed by atoms with Crippen LogP contribution in [0.25, 0.3) is 0 Å². The fourth-order valence-corrected chi connectivity index (χ4v) is 3.37. The first-order valence-corrected chi connectivity index (χ1v) is 8.26. The van der Waals surface area contributed by atoms with Crippen molar-refractivity contribution in [2.75, 3.05) is 0 Å². The summed E-state index contributed by atoms with van der Waals surface area (Å²) in [6, 6.07) is 4.77. The predicted octanol–water partition coefficient (Wildman–Crippen LogP) is 3.76. The van der Waals surface area contributed by atoms with Gasteiger partial charge in [0.15, 0.2) is 0 Å². The van der Waals surface area contributed by atoms with Crippen molar-refractivity contribution in [2.45, 2.75) is 46.3 Å². The van der Waals surface area contributed by atoms with Gasteiger partial charge in [-0.15, -0.1) is 11.3 Å². The highest BCUT2D eigenvalue weighted by Gasteiger charge is 2.13. The van der Waals surface area contributed by atoms with Crippen LogP contribution in [0.5, 0.6) is 0 Å². The van der Waals surface area contributed by atoms with Crippen molar-refractivity contribution >= 4 is 27.3 Å². The Morgan fingerprint density at radius 3 is 2.95 bits per heavy atom. The molecule has 0 bridgehead atoms. The maximum atomic E-state index is 4.51. The molecule has 5 heteroatoms. The molecule has 0 saturated carbocycles. The molecule has 0 aliphatic rings. The first-order valence-electron chi connectivity index (χ1n) is 6.59. The largest absolute Gasteiger partial charge is 0.308 e. The summed E-state index contributed by atoms with van der Waals surface area (Å²) >= 11 is 5.45. The molecule has 1 unspecified atom stereocenters. The highest BCUT2D eigenvalue weighted by Crippen LogP contribution is 2.21. The van der Waals surface area contributed by atoms with E-state index in [1.165, 1.54) is 10.6 Å². The third kappa shape index (κ3) is 3.68. The average molecular weight is 342 g/mol. The van der Waals surface area contributed by atoms with Crippen molar-refractivity contribution in [1.82, 2.24) is 15.1 Å². The summed E-state index contributed by atoms with van der Waals surface area (Å²) < 4.78 is 3.19. The number of nitrogens with one attached hydrogen (secondary N) is 1. The summed E-state index contributed by atoms with van der Waals surface area (Å²) in [5, 5.41) is 10.2. The van der Waals surface area contributed by atoms with E-state index in [-0.39, 0.29) is 0 Å². The number of hydrogen-bond donors (Lipinski definition) is 1. The Bertz CT molecular complexity index is 519. The van der Waals surface area contributed by atoms with Gasteiger partial charge in [0.1, 0.15) is 0 Å². The Morgan fingerprint density at radius 2 is 2.32 bits per heavy atom. The van der Waals surface area contributed by atoms with Gasteiger partial charge in [0.05, 0.1) is 15.9 Å². The molecule has 0 fully saturated rings. The molecule has 0 aromatic carbocycles. The molecule has 104 valence electrons. The Labute approximate surface area is 127 Å². The summed E-state index contributed by atoms with van der Waals surface area (Å²) in [4.78, 5) is 1.43. The monoisotopic (exact) mass is 341 g/mol. The number of aromatic nitrogens is 2. The average Bonchev–Trinajstić information content (AvgIpc) is 2.97. The lowest BCUT2D eigenvalue weighted by molar-refractivity contribution is 0.515. The Morgan fingerprint density at radius 1 is 1.53 bits per heavy atom. The summed E-state index contributed by atoms with van der Waals surface area (Å²) in [5.41, 5.74) is 2.29. The van der Waals surface area contributed by atoms with Crippen molar-refractivity contribution in [3.63, 3.8) is 0 Å². The van der Waals surface area contributed by atoms with E-state index in [2.05, 4.69) is 62.4 Å². The fourth-order valence-electron chi connectivity index (χ4n) is 2.11. The van der Waals surface area contributed by atoms with E-state index in [0.29, 0.717) is 6.04 Å². The molecule has 2 aromatic rings. The van der Waals surface area contributed by atoms with Crippen molar-refractivity contribution in [2.24, 2.45) is 0 Å². The van der Waals surface area contributed by atoms with Crippen LogP contribution < -0.4 is 5.32 Å². The highest BCUT2D eigenvalue weighted by atomic mass is 79.9. The lowest BCUT2D eigenvalue weighted by atomic mass is 10.2. The number of hydrogen-bond acceptors (Lipinski definition) is 3. The van der Waals surface area contributed by atoms with E-state index in [4.69, 9.17) is 0 Å². The van der Waals surface area contributed by atoms with Crippen LogP contribution in [0.4, 0.5) is 0 Å². The molecule has 2 aromatic heterocycles. The zero-order chi connectivity index (χ0) is 13.8. The first-order chi connectivity index (χ1) is 9.11. The molecule has 2 heterocycles. The molecule has 3 nitrogen and oxygen atoms in total. The molecule has 19 heavy (non-hydrogen) atoms. The van der Waals surface area contributed by atoms with Gasteiger partial charge in [0.2, 0.25) is 0 Å². The standard InChI is InChI=1S/C14H20BrN3S/c1-4-18-13(14(15)11(3)17-18)9-16-10(2)8-12-6-5-7-19-12/h5-7,10,16H,4,8-9H2,1-3H3. The summed E-state index contributed by atoms with van der Waals surface area (Å²) in [6.07, 6.45) is 1.08. The smallest absolute Gasteiger partial charge is 0.0739 e. The zero-order valence-electron chi connectivity index (χ0n) is 11.6. The Hall–Kier alpha value is -0.650. The quantitative estimate of drug-likeness (QED) is 0.866. The van der Waals surface area contributed by atoms with Gasteiger partial charge in [-0.1, -0.05) is 6.07 Å². The van der Waals surface area contributed by atoms with E-state index in [1.807, 2.05) is 18.3 Å². The van der Waals surface area contributed by atoms with E-state index in [9.17, 15) is 0 Å². The molecule has 0 spiro atoms. The van der Waals surface area contributed by atoms with Crippen LogP contribution in [0.15, 0.2) is 22.0 Å². The third-order valence-corrected chi connectivity index (χ3v) is 5.09. The lowest BCUT2D eigenvalue weighted by Gasteiger charge is -2.14. The van der Waals surface area contributed by atoms with E-state index in [1.54, 1.807) is 0 Å². The van der Waals surface area contributed by atoms with Crippen LogP contribution in [-0.4, -0.2) is 15.8 Å². The maximum Gasteiger partial charge on any atom is 0.0739 e. The number of halogens is 1.